The molecule has 1 atom stereocenters. The second-order valence-corrected chi connectivity index (χ2v) is 5.72. The molecular weight excluding hydrogens is 238 g/mol. The standard InChI is InChI=1S/C15H21N3O/c1-18-8-7-14(10-18)16-13-4-2-3-11(9-13)15(19)17-12-5-6-12/h2-4,9,12,14,16H,5-8,10H2,1H3,(H,17,19). The topological polar surface area (TPSA) is 44.4 Å². The summed E-state index contributed by atoms with van der Waals surface area (Å²) in [4.78, 5) is 14.3. The first-order chi connectivity index (χ1) is 9.20. The van der Waals surface area contributed by atoms with Crippen molar-refractivity contribution >= 4 is 11.6 Å². The molecule has 4 heteroatoms. The van der Waals surface area contributed by atoms with E-state index in [1.54, 1.807) is 0 Å². The molecule has 1 aromatic carbocycles. The van der Waals surface area contributed by atoms with Gasteiger partial charge in [-0.1, -0.05) is 6.07 Å². The molecule has 1 aromatic rings. The molecule has 3 rings (SSSR count). The second-order valence-electron chi connectivity index (χ2n) is 5.72. The molecule has 2 aliphatic rings. The molecule has 4 nitrogen and oxygen atoms in total. The van der Waals surface area contributed by atoms with E-state index in [0.29, 0.717) is 12.1 Å². The van der Waals surface area contributed by atoms with Crippen molar-refractivity contribution in [2.24, 2.45) is 0 Å². The molecule has 102 valence electrons. The quantitative estimate of drug-likeness (QED) is 0.865. The van der Waals surface area contributed by atoms with Crippen LogP contribution in [-0.2, 0) is 0 Å². The lowest BCUT2D eigenvalue weighted by Gasteiger charge is -2.15. The summed E-state index contributed by atoms with van der Waals surface area (Å²) in [7, 11) is 2.14. The average molecular weight is 259 g/mol. The Morgan fingerprint density at radius 3 is 2.79 bits per heavy atom. The highest BCUT2D eigenvalue weighted by molar-refractivity contribution is 5.95. The van der Waals surface area contributed by atoms with Crippen molar-refractivity contribution in [3.8, 4) is 0 Å². The molecular formula is C15H21N3O. The fourth-order valence-corrected chi connectivity index (χ4v) is 2.54. The van der Waals surface area contributed by atoms with Crippen molar-refractivity contribution in [1.29, 1.82) is 0 Å². The molecule has 0 aromatic heterocycles. The Balaban J connectivity index is 1.63. The van der Waals surface area contributed by atoms with Crippen LogP contribution in [0, 0.1) is 0 Å². The fourth-order valence-electron chi connectivity index (χ4n) is 2.54. The third kappa shape index (κ3) is 3.26. The maximum atomic E-state index is 12.0. The minimum absolute atomic E-state index is 0.0506. The van der Waals surface area contributed by atoms with Crippen LogP contribution in [0.25, 0.3) is 0 Å². The summed E-state index contributed by atoms with van der Waals surface area (Å²) < 4.78 is 0. The number of likely N-dealkylation sites (N-methyl/N-ethyl adjacent to an activating group) is 1. The van der Waals surface area contributed by atoms with Crippen molar-refractivity contribution in [3.63, 3.8) is 0 Å². The first-order valence-corrected chi connectivity index (χ1v) is 7.07. The summed E-state index contributed by atoms with van der Waals surface area (Å²) in [6.07, 6.45) is 3.41. The van der Waals surface area contributed by atoms with Crippen LogP contribution in [0.15, 0.2) is 24.3 Å². The van der Waals surface area contributed by atoms with Crippen molar-refractivity contribution in [2.75, 3.05) is 25.5 Å². The maximum Gasteiger partial charge on any atom is 0.251 e. The second kappa shape index (κ2) is 5.21. The summed E-state index contributed by atoms with van der Waals surface area (Å²) in [6.45, 7) is 2.21. The minimum Gasteiger partial charge on any atom is -0.381 e. The van der Waals surface area contributed by atoms with Crippen LogP contribution >= 0.6 is 0 Å². The number of anilines is 1. The number of hydrogen-bond acceptors (Lipinski definition) is 3. The van der Waals surface area contributed by atoms with Gasteiger partial charge in [-0.15, -0.1) is 0 Å². The number of benzene rings is 1. The van der Waals surface area contributed by atoms with E-state index < -0.39 is 0 Å². The minimum atomic E-state index is 0.0506. The average Bonchev–Trinajstić information content (AvgIpc) is 3.12. The number of likely N-dealkylation sites (tertiary alicyclic amines) is 1. The smallest absolute Gasteiger partial charge is 0.251 e. The monoisotopic (exact) mass is 259 g/mol. The Bertz CT molecular complexity index is 470. The van der Waals surface area contributed by atoms with Crippen LogP contribution in [0.3, 0.4) is 0 Å². The molecule has 0 radical (unpaired) electrons. The number of nitrogens with zero attached hydrogens (tertiary/aromatic N) is 1. The van der Waals surface area contributed by atoms with Gasteiger partial charge in [-0.05, 0) is 51.1 Å². The molecule has 1 aliphatic carbocycles. The van der Waals surface area contributed by atoms with Crippen molar-refractivity contribution in [1.82, 2.24) is 10.2 Å². The van der Waals surface area contributed by atoms with E-state index in [9.17, 15) is 4.79 Å². The lowest BCUT2D eigenvalue weighted by Crippen LogP contribution is -2.26. The van der Waals surface area contributed by atoms with E-state index in [2.05, 4.69) is 22.6 Å². The van der Waals surface area contributed by atoms with Crippen LogP contribution in [0.2, 0.25) is 0 Å². The van der Waals surface area contributed by atoms with Gasteiger partial charge in [0.2, 0.25) is 0 Å². The Morgan fingerprint density at radius 2 is 2.11 bits per heavy atom. The molecule has 1 aliphatic heterocycles. The van der Waals surface area contributed by atoms with Crippen LogP contribution < -0.4 is 10.6 Å². The van der Waals surface area contributed by atoms with E-state index in [4.69, 9.17) is 0 Å². The van der Waals surface area contributed by atoms with E-state index in [1.807, 2.05) is 24.3 Å². The predicted molar refractivity (Wildman–Crippen MR) is 76.5 cm³/mol. The van der Waals surface area contributed by atoms with Crippen LogP contribution in [0.4, 0.5) is 5.69 Å². The third-order valence-corrected chi connectivity index (χ3v) is 3.80. The van der Waals surface area contributed by atoms with Crippen LogP contribution in [0.5, 0.6) is 0 Å². The maximum absolute atomic E-state index is 12.0. The van der Waals surface area contributed by atoms with Gasteiger partial charge >= 0.3 is 0 Å². The fraction of sp³-hybridized carbons (Fsp3) is 0.533. The Kier molecular flexibility index (Phi) is 3.42. The predicted octanol–water partition coefficient (Wildman–Crippen LogP) is 1.69. The number of amides is 1. The summed E-state index contributed by atoms with van der Waals surface area (Å²) in [5, 5.41) is 6.54. The van der Waals surface area contributed by atoms with Crippen LogP contribution in [-0.4, -0.2) is 43.0 Å². The molecule has 2 N–H and O–H groups in total. The molecule has 19 heavy (non-hydrogen) atoms. The largest absolute Gasteiger partial charge is 0.381 e. The SMILES string of the molecule is CN1CCC(Nc2cccc(C(=O)NC3CC3)c2)C1. The highest BCUT2D eigenvalue weighted by atomic mass is 16.1. The number of hydrogen-bond donors (Lipinski definition) is 2. The lowest BCUT2D eigenvalue weighted by molar-refractivity contribution is 0.0951. The zero-order valence-electron chi connectivity index (χ0n) is 11.4. The molecule has 1 amide bonds. The molecule has 1 unspecified atom stereocenters. The van der Waals surface area contributed by atoms with Gasteiger partial charge in [-0.25, -0.2) is 0 Å². The number of nitrogens with one attached hydrogen (secondary N) is 2. The van der Waals surface area contributed by atoms with E-state index >= 15 is 0 Å². The van der Waals surface area contributed by atoms with Gasteiger partial charge in [-0.3, -0.25) is 4.79 Å². The highest BCUT2D eigenvalue weighted by Gasteiger charge is 2.24. The molecule has 2 fully saturated rings. The van der Waals surface area contributed by atoms with Gasteiger partial charge in [-0.2, -0.15) is 0 Å². The molecule has 1 saturated heterocycles. The third-order valence-electron chi connectivity index (χ3n) is 3.80. The summed E-state index contributed by atoms with van der Waals surface area (Å²) in [5.74, 6) is 0.0506. The van der Waals surface area contributed by atoms with Crippen molar-refractivity contribution < 1.29 is 4.79 Å². The Labute approximate surface area is 114 Å². The lowest BCUT2D eigenvalue weighted by atomic mass is 10.1. The summed E-state index contributed by atoms with van der Waals surface area (Å²) in [6, 6.07) is 8.72. The highest BCUT2D eigenvalue weighted by Crippen LogP contribution is 2.20. The van der Waals surface area contributed by atoms with Gasteiger partial charge in [0, 0.05) is 29.9 Å². The summed E-state index contributed by atoms with van der Waals surface area (Å²) >= 11 is 0. The van der Waals surface area contributed by atoms with E-state index in [-0.39, 0.29) is 5.91 Å². The van der Waals surface area contributed by atoms with E-state index in [0.717, 1.165) is 43.6 Å². The van der Waals surface area contributed by atoms with Gasteiger partial charge in [0.25, 0.3) is 5.91 Å². The normalized spacial score (nSPS) is 23.3. The van der Waals surface area contributed by atoms with Gasteiger partial charge in [0.15, 0.2) is 0 Å². The van der Waals surface area contributed by atoms with Crippen LogP contribution in [0.1, 0.15) is 29.6 Å². The van der Waals surface area contributed by atoms with Gasteiger partial charge in [0.05, 0.1) is 0 Å². The number of rotatable bonds is 4. The molecule has 0 bridgehead atoms. The van der Waals surface area contributed by atoms with Gasteiger partial charge in [0.1, 0.15) is 0 Å². The molecule has 1 saturated carbocycles. The Hall–Kier alpha value is -1.55. The Morgan fingerprint density at radius 1 is 1.26 bits per heavy atom. The molecule has 0 spiro atoms. The van der Waals surface area contributed by atoms with E-state index in [1.165, 1.54) is 0 Å². The first-order valence-electron chi connectivity index (χ1n) is 7.07. The number of carbonyl (C=O) groups is 1. The molecule has 1 heterocycles. The van der Waals surface area contributed by atoms with Crippen molar-refractivity contribution in [3.05, 3.63) is 29.8 Å². The zero-order valence-corrected chi connectivity index (χ0v) is 11.4. The van der Waals surface area contributed by atoms with Gasteiger partial charge < -0.3 is 15.5 Å². The zero-order chi connectivity index (χ0) is 13.2. The summed E-state index contributed by atoms with van der Waals surface area (Å²) in [5.41, 5.74) is 1.80. The van der Waals surface area contributed by atoms with Crippen molar-refractivity contribution in [2.45, 2.75) is 31.3 Å². The first kappa shape index (κ1) is 12.5. The number of carbonyl (C=O) groups excluding carboxylic acids is 1.